The van der Waals surface area contributed by atoms with E-state index in [4.69, 9.17) is 0 Å². The monoisotopic (exact) mass is 250 g/mol. The molecule has 8 heteroatoms. The highest BCUT2D eigenvalue weighted by molar-refractivity contribution is 8.14. The number of amides is 2. The standard InChI is InChI=1S/C7H10N2O4S2/c1-15(12,13)8-2-5(3-8)9-6(10)4-14-7(9)11/h5H,2-4H2,1H3. The molecule has 0 N–H and O–H groups in total. The summed E-state index contributed by atoms with van der Waals surface area (Å²) in [6, 6.07) is -0.269. The lowest BCUT2D eigenvalue weighted by Crippen LogP contribution is -2.61. The molecule has 15 heavy (non-hydrogen) atoms. The third-order valence-electron chi connectivity index (χ3n) is 2.45. The van der Waals surface area contributed by atoms with Gasteiger partial charge in [-0.2, -0.15) is 4.31 Å². The van der Waals surface area contributed by atoms with Crippen LogP contribution in [0.25, 0.3) is 0 Å². The summed E-state index contributed by atoms with van der Waals surface area (Å²) in [5.41, 5.74) is 0. The van der Waals surface area contributed by atoms with Crippen LogP contribution in [-0.4, -0.2) is 59.9 Å². The Bertz CT molecular complexity index is 397. The number of hydrogen-bond acceptors (Lipinski definition) is 5. The number of thioether (sulfide) groups is 1. The van der Waals surface area contributed by atoms with Gasteiger partial charge in [0, 0.05) is 13.1 Å². The number of rotatable bonds is 2. The SMILES string of the molecule is CS(=O)(=O)N1CC(N2C(=O)CSC2=O)C1. The lowest BCUT2D eigenvalue weighted by atomic mass is 10.1. The molecule has 0 aromatic carbocycles. The van der Waals surface area contributed by atoms with Gasteiger partial charge in [0.05, 0.1) is 18.1 Å². The molecule has 0 aliphatic carbocycles. The fraction of sp³-hybridized carbons (Fsp3) is 0.714. The number of hydrogen-bond donors (Lipinski definition) is 0. The fourth-order valence-electron chi connectivity index (χ4n) is 1.57. The Balaban J connectivity index is 2.00. The highest BCUT2D eigenvalue weighted by Gasteiger charge is 2.44. The van der Waals surface area contributed by atoms with Crippen molar-refractivity contribution in [2.75, 3.05) is 25.1 Å². The van der Waals surface area contributed by atoms with Crippen LogP contribution in [0.3, 0.4) is 0 Å². The van der Waals surface area contributed by atoms with Crippen LogP contribution < -0.4 is 0 Å². The van der Waals surface area contributed by atoms with Crippen molar-refractivity contribution >= 4 is 32.9 Å². The molecule has 0 aromatic heterocycles. The molecular formula is C7H10N2O4S2. The van der Waals surface area contributed by atoms with Crippen molar-refractivity contribution in [2.24, 2.45) is 0 Å². The van der Waals surface area contributed by atoms with Crippen molar-refractivity contribution in [1.82, 2.24) is 9.21 Å². The highest BCUT2D eigenvalue weighted by Crippen LogP contribution is 2.26. The van der Waals surface area contributed by atoms with E-state index in [9.17, 15) is 18.0 Å². The fourth-order valence-corrected chi connectivity index (χ4v) is 3.23. The first-order chi connectivity index (χ1) is 6.89. The predicted molar refractivity (Wildman–Crippen MR) is 54.9 cm³/mol. The van der Waals surface area contributed by atoms with Crippen LogP contribution in [-0.2, 0) is 14.8 Å². The van der Waals surface area contributed by atoms with Crippen LogP contribution in [0.5, 0.6) is 0 Å². The smallest absolute Gasteiger partial charge is 0.273 e. The summed E-state index contributed by atoms with van der Waals surface area (Å²) in [6.45, 7) is 0.466. The van der Waals surface area contributed by atoms with Gasteiger partial charge < -0.3 is 0 Å². The quantitative estimate of drug-likeness (QED) is 0.649. The Labute approximate surface area is 91.6 Å². The van der Waals surface area contributed by atoms with Gasteiger partial charge in [-0.1, -0.05) is 11.8 Å². The predicted octanol–water partition coefficient (Wildman–Crippen LogP) is -0.674. The molecule has 0 saturated carbocycles. The van der Waals surface area contributed by atoms with E-state index < -0.39 is 10.0 Å². The van der Waals surface area contributed by atoms with E-state index in [1.165, 1.54) is 9.21 Å². The van der Waals surface area contributed by atoms with Gasteiger partial charge in [-0.3, -0.25) is 14.5 Å². The third kappa shape index (κ3) is 1.88. The van der Waals surface area contributed by atoms with Crippen molar-refractivity contribution in [3.8, 4) is 0 Å². The minimum absolute atomic E-state index is 0.175. The Kier molecular flexibility index (Phi) is 2.52. The van der Waals surface area contributed by atoms with Crippen LogP contribution in [0, 0.1) is 0 Å². The zero-order valence-corrected chi connectivity index (χ0v) is 9.68. The normalized spacial score (nSPS) is 24.7. The Morgan fingerprint density at radius 1 is 1.33 bits per heavy atom. The van der Waals surface area contributed by atoms with Gasteiger partial charge in [-0.25, -0.2) is 8.42 Å². The van der Waals surface area contributed by atoms with Crippen molar-refractivity contribution in [3.63, 3.8) is 0 Å². The lowest BCUT2D eigenvalue weighted by Gasteiger charge is -2.40. The summed E-state index contributed by atoms with van der Waals surface area (Å²) < 4.78 is 23.4. The molecule has 0 aromatic rings. The molecule has 0 radical (unpaired) electrons. The minimum atomic E-state index is -3.19. The van der Waals surface area contributed by atoms with Gasteiger partial charge in [0.2, 0.25) is 15.9 Å². The van der Waals surface area contributed by atoms with E-state index in [1.807, 2.05) is 0 Å². The molecule has 84 valence electrons. The minimum Gasteiger partial charge on any atom is -0.273 e. The highest BCUT2D eigenvalue weighted by atomic mass is 32.2. The average Bonchev–Trinajstić information content (AvgIpc) is 2.29. The first-order valence-electron chi connectivity index (χ1n) is 4.33. The summed E-state index contributed by atoms with van der Waals surface area (Å²) in [5.74, 6) is -0.0445. The molecule has 2 fully saturated rings. The topological polar surface area (TPSA) is 74.8 Å². The van der Waals surface area contributed by atoms with Crippen LogP contribution in [0.4, 0.5) is 4.79 Å². The number of carbonyl (C=O) groups is 2. The molecule has 0 spiro atoms. The van der Waals surface area contributed by atoms with E-state index in [0.717, 1.165) is 18.0 Å². The zero-order valence-electron chi connectivity index (χ0n) is 8.04. The maximum Gasteiger partial charge on any atom is 0.289 e. The molecule has 0 unspecified atom stereocenters. The second kappa shape index (κ2) is 3.46. The summed E-state index contributed by atoms with van der Waals surface area (Å²) in [4.78, 5) is 23.7. The number of nitrogens with zero attached hydrogens (tertiary/aromatic N) is 2. The van der Waals surface area contributed by atoms with Crippen molar-refractivity contribution in [2.45, 2.75) is 6.04 Å². The summed E-state index contributed by atoms with van der Waals surface area (Å²) in [6.07, 6.45) is 1.12. The van der Waals surface area contributed by atoms with Gasteiger partial charge in [0.25, 0.3) is 5.24 Å². The number of carbonyl (C=O) groups excluding carboxylic acids is 2. The van der Waals surface area contributed by atoms with Crippen molar-refractivity contribution in [3.05, 3.63) is 0 Å². The van der Waals surface area contributed by atoms with Gasteiger partial charge >= 0.3 is 0 Å². The Morgan fingerprint density at radius 3 is 2.33 bits per heavy atom. The molecule has 0 atom stereocenters. The molecule has 2 rings (SSSR count). The third-order valence-corrected chi connectivity index (χ3v) is 4.52. The molecule has 2 saturated heterocycles. The van der Waals surface area contributed by atoms with E-state index in [-0.39, 0.29) is 36.0 Å². The van der Waals surface area contributed by atoms with Gasteiger partial charge in [0.15, 0.2) is 0 Å². The molecule has 2 aliphatic heterocycles. The second-order valence-corrected chi connectivity index (χ2v) is 6.46. The Morgan fingerprint density at radius 2 is 1.93 bits per heavy atom. The summed E-state index contributed by atoms with van der Waals surface area (Å²) in [5, 5.41) is -0.266. The second-order valence-electron chi connectivity index (χ2n) is 3.55. The average molecular weight is 250 g/mol. The van der Waals surface area contributed by atoms with E-state index in [1.54, 1.807) is 0 Å². The van der Waals surface area contributed by atoms with E-state index in [0.29, 0.717) is 0 Å². The first-order valence-corrected chi connectivity index (χ1v) is 7.17. The largest absolute Gasteiger partial charge is 0.289 e. The maximum atomic E-state index is 11.3. The first kappa shape index (κ1) is 10.9. The van der Waals surface area contributed by atoms with Crippen LogP contribution in [0.2, 0.25) is 0 Å². The van der Waals surface area contributed by atoms with Gasteiger partial charge in [-0.05, 0) is 0 Å². The number of imide groups is 1. The van der Waals surface area contributed by atoms with Crippen LogP contribution in [0.15, 0.2) is 0 Å². The van der Waals surface area contributed by atoms with Crippen LogP contribution >= 0.6 is 11.8 Å². The molecule has 6 nitrogen and oxygen atoms in total. The summed E-state index contributed by atoms with van der Waals surface area (Å²) in [7, 11) is -3.19. The van der Waals surface area contributed by atoms with Gasteiger partial charge in [-0.15, -0.1) is 0 Å². The van der Waals surface area contributed by atoms with E-state index >= 15 is 0 Å². The van der Waals surface area contributed by atoms with Crippen LogP contribution in [0.1, 0.15) is 0 Å². The maximum absolute atomic E-state index is 11.3. The molecule has 2 amide bonds. The van der Waals surface area contributed by atoms with E-state index in [2.05, 4.69) is 0 Å². The molecule has 2 heterocycles. The van der Waals surface area contributed by atoms with Crippen molar-refractivity contribution < 1.29 is 18.0 Å². The zero-order chi connectivity index (χ0) is 11.2. The van der Waals surface area contributed by atoms with Crippen molar-refractivity contribution in [1.29, 1.82) is 0 Å². The molecular weight excluding hydrogens is 240 g/mol. The lowest BCUT2D eigenvalue weighted by molar-refractivity contribution is -0.127. The Hall–Kier alpha value is -0.600. The molecule has 0 bridgehead atoms. The van der Waals surface area contributed by atoms with Gasteiger partial charge in [0.1, 0.15) is 0 Å². The molecule has 2 aliphatic rings. The summed E-state index contributed by atoms with van der Waals surface area (Å²) >= 11 is 0.969. The number of sulfonamides is 1.